The second-order valence-corrected chi connectivity index (χ2v) is 7.41. The number of nitrogens with zero attached hydrogens (tertiary/aromatic N) is 2. The Morgan fingerprint density at radius 2 is 2.03 bits per heavy atom. The van der Waals surface area contributed by atoms with E-state index in [1.807, 2.05) is 12.3 Å². The Morgan fingerprint density at radius 1 is 1.24 bits per heavy atom. The van der Waals surface area contributed by atoms with Crippen LogP contribution in [0.4, 0.5) is 4.39 Å². The third-order valence-electron chi connectivity index (χ3n) is 4.46. The number of hydrogen-bond acceptors (Lipinski definition) is 5. The van der Waals surface area contributed by atoms with Gasteiger partial charge in [0.1, 0.15) is 10.6 Å². The molecule has 3 heterocycles. The molecule has 6 nitrogen and oxygen atoms in total. The Bertz CT molecular complexity index is 1280. The molecule has 1 aromatic carbocycles. The van der Waals surface area contributed by atoms with Gasteiger partial charge in [-0.2, -0.15) is 0 Å². The Labute approximate surface area is 169 Å². The van der Waals surface area contributed by atoms with E-state index >= 15 is 0 Å². The molecule has 0 aliphatic rings. The molecule has 0 unspecified atom stereocenters. The fraction of sp³-hybridized carbons (Fsp3) is 0.190. The number of nitrogens with one attached hydrogen (secondary N) is 1. The van der Waals surface area contributed by atoms with E-state index in [1.54, 1.807) is 12.1 Å². The number of rotatable bonds is 6. The lowest BCUT2D eigenvalue weighted by Crippen LogP contribution is -2.22. The van der Waals surface area contributed by atoms with Crippen LogP contribution in [0.15, 0.2) is 57.8 Å². The van der Waals surface area contributed by atoms with E-state index < -0.39 is 0 Å². The highest BCUT2D eigenvalue weighted by molar-refractivity contribution is 7.17. The highest BCUT2D eigenvalue weighted by Crippen LogP contribution is 2.30. The number of halogens is 1. The van der Waals surface area contributed by atoms with Crippen LogP contribution in [-0.4, -0.2) is 21.1 Å². The van der Waals surface area contributed by atoms with Crippen LogP contribution in [-0.2, 0) is 6.54 Å². The molecular formula is C21H18FN3O3S. The Morgan fingerprint density at radius 3 is 2.76 bits per heavy atom. The molecule has 0 bridgehead atoms. The molecule has 8 heteroatoms. The van der Waals surface area contributed by atoms with Crippen LogP contribution in [0.5, 0.6) is 5.75 Å². The minimum atomic E-state index is -0.334. The third-order valence-corrected chi connectivity index (χ3v) is 5.34. The van der Waals surface area contributed by atoms with E-state index in [1.165, 1.54) is 46.6 Å². The van der Waals surface area contributed by atoms with Gasteiger partial charge in [0.15, 0.2) is 5.75 Å². The largest absolute Gasteiger partial charge is 0.488 e. The van der Waals surface area contributed by atoms with E-state index in [0.29, 0.717) is 28.1 Å². The zero-order chi connectivity index (χ0) is 20.4. The highest BCUT2D eigenvalue weighted by Gasteiger charge is 2.14. The summed E-state index contributed by atoms with van der Waals surface area (Å²) in [5.41, 5.74) is 1.58. The van der Waals surface area contributed by atoms with Crippen molar-refractivity contribution in [3.8, 4) is 16.9 Å². The lowest BCUT2D eigenvalue weighted by atomic mass is 10.1. The first-order chi connectivity index (χ1) is 14.1. The van der Waals surface area contributed by atoms with Crippen LogP contribution in [0.3, 0.4) is 0 Å². The van der Waals surface area contributed by atoms with Crippen molar-refractivity contribution in [1.29, 1.82) is 0 Å². The third kappa shape index (κ3) is 3.84. The van der Waals surface area contributed by atoms with Gasteiger partial charge in [-0.25, -0.2) is 9.37 Å². The Balaban J connectivity index is 1.70. The average molecular weight is 411 g/mol. The minimum absolute atomic E-state index is 0.170. The van der Waals surface area contributed by atoms with Gasteiger partial charge < -0.3 is 9.72 Å². The van der Waals surface area contributed by atoms with Crippen molar-refractivity contribution in [3.05, 3.63) is 80.3 Å². The van der Waals surface area contributed by atoms with Crippen molar-refractivity contribution in [1.82, 2.24) is 14.5 Å². The quantitative estimate of drug-likeness (QED) is 0.524. The molecule has 148 valence electrons. The highest BCUT2D eigenvalue weighted by atomic mass is 32.1. The summed E-state index contributed by atoms with van der Waals surface area (Å²) in [6.45, 7) is 2.60. The topological polar surface area (TPSA) is 77.0 Å². The molecule has 29 heavy (non-hydrogen) atoms. The number of fused-ring (bicyclic) bond motifs is 1. The summed E-state index contributed by atoms with van der Waals surface area (Å²) in [5, 5.41) is 2.33. The van der Waals surface area contributed by atoms with Gasteiger partial charge in [-0.1, -0.05) is 19.1 Å². The van der Waals surface area contributed by atoms with E-state index in [9.17, 15) is 14.0 Å². The predicted octanol–water partition coefficient (Wildman–Crippen LogP) is 3.79. The molecule has 0 saturated carbocycles. The van der Waals surface area contributed by atoms with E-state index in [0.717, 1.165) is 12.0 Å². The van der Waals surface area contributed by atoms with Gasteiger partial charge in [0.25, 0.3) is 5.56 Å². The molecule has 3 aromatic heterocycles. The van der Waals surface area contributed by atoms with Crippen molar-refractivity contribution in [3.63, 3.8) is 0 Å². The number of benzene rings is 1. The maximum atomic E-state index is 13.2. The summed E-state index contributed by atoms with van der Waals surface area (Å²) in [5.74, 6) is -0.0768. The molecule has 1 N–H and O–H groups in total. The second-order valence-electron chi connectivity index (χ2n) is 6.55. The average Bonchev–Trinajstić information content (AvgIpc) is 3.15. The molecule has 0 fully saturated rings. The monoisotopic (exact) mass is 411 g/mol. The first kappa shape index (κ1) is 19.1. The van der Waals surface area contributed by atoms with Crippen LogP contribution < -0.4 is 15.7 Å². The standard InChI is InChI=1S/C21H18FN3O3S/c1-2-7-28-18-9-23-15(8-17(18)26)10-25-12-24-20-19(21(25)27)16(11-29-20)13-3-5-14(22)6-4-13/h3-6,8-9,11-12H,2,7,10H2,1H3,(H,23,26). The van der Waals surface area contributed by atoms with Crippen molar-refractivity contribution in [2.45, 2.75) is 19.9 Å². The summed E-state index contributed by atoms with van der Waals surface area (Å²) >= 11 is 1.36. The summed E-state index contributed by atoms with van der Waals surface area (Å²) in [7, 11) is 0. The molecule has 0 amide bonds. The molecule has 0 atom stereocenters. The maximum Gasteiger partial charge on any atom is 0.263 e. The predicted molar refractivity (Wildman–Crippen MR) is 111 cm³/mol. The van der Waals surface area contributed by atoms with E-state index in [2.05, 4.69) is 9.97 Å². The zero-order valence-electron chi connectivity index (χ0n) is 15.6. The Kier molecular flexibility index (Phi) is 5.26. The molecule has 0 aliphatic heterocycles. The van der Waals surface area contributed by atoms with Gasteiger partial charge >= 0.3 is 0 Å². The van der Waals surface area contributed by atoms with Gasteiger partial charge in [-0.15, -0.1) is 11.3 Å². The minimum Gasteiger partial charge on any atom is -0.488 e. The van der Waals surface area contributed by atoms with Crippen molar-refractivity contribution in [2.75, 3.05) is 6.61 Å². The molecule has 0 aliphatic carbocycles. The zero-order valence-corrected chi connectivity index (χ0v) is 16.5. The molecule has 4 aromatic rings. The lowest BCUT2D eigenvalue weighted by Gasteiger charge is -2.08. The number of hydrogen-bond donors (Lipinski definition) is 1. The fourth-order valence-electron chi connectivity index (χ4n) is 3.02. The van der Waals surface area contributed by atoms with Crippen LogP contribution in [0.25, 0.3) is 21.3 Å². The molecule has 0 spiro atoms. The van der Waals surface area contributed by atoms with Gasteiger partial charge in [-0.3, -0.25) is 14.2 Å². The molecule has 0 saturated heterocycles. The molecule has 0 radical (unpaired) electrons. The Hall–Kier alpha value is -3.26. The van der Waals surface area contributed by atoms with Gasteiger partial charge in [0.05, 0.1) is 24.9 Å². The number of thiophene rings is 1. The first-order valence-electron chi connectivity index (χ1n) is 9.14. The van der Waals surface area contributed by atoms with Crippen LogP contribution in [0.1, 0.15) is 19.0 Å². The summed E-state index contributed by atoms with van der Waals surface area (Å²) in [6, 6.07) is 7.43. The number of ether oxygens (including phenoxy) is 1. The van der Waals surface area contributed by atoms with Crippen LogP contribution >= 0.6 is 11.3 Å². The van der Waals surface area contributed by atoms with Crippen molar-refractivity contribution in [2.24, 2.45) is 0 Å². The van der Waals surface area contributed by atoms with E-state index in [4.69, 9.17) is 4.74 Å². The van der Waals surface area contributed by atoms with Crippen LogP contribution in [0, 0.1) is 5.82 Å². The lowest BCUT2D eigenvalue weighted by molar-refractivity contribution is 0.313. The van der Waals surface area contributed by atoms with Crippen molar-refractivity contribution >= 4 is 21.6 Å². The van der Waals surface area contributed by atoms with Gasteiger partial charge in [0, 0.05) is 28.9 Å². The summed E-state index contributed by atoms with van der Waals surface area (Å²) in [6.07, 6.45) is 3.79. The number of H-pyrrole nitrogens is 1. The van der Waals surface area contributed by atoms with E-state index in [-0.39, 0.29) is 29.1 Å². The van der Waals surface area contributed by atoms with Crippen LogP contribution in [0.2, 0.25) is 0 Å². The maximum absolute atomic E-state index is 13.2. The smallest absolute Gasteiger partial charge is 0.263 e. The van der Waals surface area contributed by atoms with Gasteiger partial charge in [0.2, 0.25) is 5.43 Å². The first-order valence-corrected chi connectivity index (χ1v) is 10.0. The number of aromatic nitrogens is 3. The fourth-order valence-corrected chi connectivity index (χ4v) is 3.93. The number of aromatic amines is 1. The molecular weight excluding hydrogens is 393 g/mol. The van der Waals surface area contributed by atoms with Gasteiger partial charge in [-0.05, 0) is 24.1 Å². The second kappa shape index (κ2) is 8.00. The molecule has 4 rings (SSSR count). The summed E-state index contributed by atoms with van der Waals surface area (Å²) in [4.78, 5) is 33.3. The van der Waals surface area contributed by atoms with Crippen molar-refractivity contribution < 1.29 is 9.13 Å². The number of pyridine rings is 1. The SMILES string of the molecule is CCCOc1c[nH]c(Cn2cnc3scc(-c4ccc(F)cc4)c3c2=O)cc1=O. The normalized spacial score (nSPS) is 11.1. The summed E-state index contributed by atoms with van der Waals surface area (Å²) < 4.78 is 20.1.